The third-order valence-corrected chi connectivity index (χ3v) is 4.91. The number of hydrogen-bond acceptors (Lipinski definition) is 3. The molecule has 0 aliphatic heterocycles. The van der Waals surface area contributed by atoms with Crippen molar-refractivity contribution in [1.82, 2.24) is 9.78 Å². The predicted molar refractivity (Wildman–Crippen MR) is 113 cm³/mol. The molecule has 9 heteroatoms. The standard InChI is InChI=1S/C22H21ClF3N3O2/c1-13(2)15-8-6-7-14(3)21(15)27-19(30)12-31-20-11-18(22(24,25)26)28-29(20)17-10-5-4-9-16(17)23/h4-11,13H,12H2,1-3H3,(H,27,30). The van der Waals surface area contributed by atoms with Crippen LogP contribution in [0.1, 0.15) is 36.6 Å². The van der Waals surface area contributed by atoms with Crippen molar-refractivity contribution in [1.29, 1.82) is 0 Å². The number of aryl methyl sites for hydroxylation is 1. The highest BCUT2D eigenvalue weighted by Gasteiger charge is 2.36. The summed E-state index contributed by atoms with van der Waals surface area (Å²) >= 11 is 6.11. The van der Waals surface area contributed by atoms with Crippen LogP contribution in [0, 0.1) is 6.92 Å². The van der Waals surface area contributed by atoms with Gasteiger partial charge >= 0.3 is 6.18 Å². The lowest BCUT2D eigenvalue weighted by Gasteiger charge is -2.16. The van der Waals surface area contributed by atoms with Gasteiger partial charge in [-0.05, 0) is 36.1 Å². The minimum Gasteiger partial charge on any atom is -0.467 e. The number of anilines is 1. The third kappa shape index (κ3) is 5.19. The van der Waals surface area contributed by atoms with Crippen LogP contribution < -0.4 is 10.1 Å². The molecule has 0 saturated heterocycles. The highest BCUT2D eigenvalue weighted by molar-refractivity contribution is 6.32. The fraction of sp³-hybridized carbons (Fsp3) is 0.273. The molecule has 0 aliphatic carbocycles. The molecule has 5 nitrogen and oxygen atoms in total. The van der Waals surface area contributed by atoms with Crippen molar-refractivity contribution in [2.24, 2.45) is 0 Å². The van der Waals surface area contributed by atoms with Crippen molar-refractivity contribution < 1.29 is 22.7 Å². The normalized spacial score (nSPS) is 11.6. The van der Waals surface area contributed by atoms with E-state index in [0.29, 0.717) is 5.69 Å². The minimum atomic E-state index is -4.68. The maximum atomic E-state index is 13.2. The molecule has 1 amide bonds. The number of benzene rings is 2. The van der Waals surface area contributed by atoms with Crippen LogP contribution in [0.5, 0.6) is 5.88 Å². The first-order valence-corrected chi connectivity index (χ1v) is 9.90. The van der Waals surface area contributed by atoms with Crippen LogP contribution in [0.3, 0.4) is 0 Å². The Balaban J connectivity index is 1.84. The highest BCUT2D eigenvalue weighted by atomic mass is 35.5. The van der Waals surface area contributed by atoms with E-state index < -0.39 is 24.4 Å². The molecule has 2 aromatic carbocycles. The van der Waals surface area contributed by atoms with Gasteiger partial charge in [-0.1, -0.05) is 55.8 Å². The Bertz CT molecular complexity index is 1090. The molecule has 164 valence electrons. The molecule has 3 aromatic rings. The molecule has 0 unspecified atom stereocenters. The lowest BCUT2D eigenvalue weighted by molar-refractivity contribution is -0.141. The number of carbonyl (C=O) groups is 1. The number of aromatic nitrogens is 2. The van der Waals surface area contributed by atoms with Gasteiger partial charge in [-0.2, -0.15) is 23.0 Å². The van der Waals surface area contributed by atoms with Crippen LogP contribution >= 0.6 is 11.6 Å². The average molecular weight is 452 g/mol. The van der Waals surface area contributed by atoms with E-state index in [1.165, 1.54) is 12.1 Å². The number of ether oxygens (including phenoxy) is 1. The van der Waals surface area contributed by atoms with Gasteiger partial charge in [-0.15, -0.1) is 0 Å². The van der Waals surface area contributed by atoms with Gasteiger partial charge in [0.05, 0.1) is 10.7 Å². The first kappa shape index (κ1) is 22.7. The van der Waals surface area contributed by atoms with Crippen LogP contribution in [0.2, 0.25) is 5.02 Å². The molecule has 3 rings (SSSR count). The first-order valence-electron chi connectivity index (χ1n) is 9.52. The Morgan fingerprint density at radius 1 is 1.19 bits per heavy atom. The topological polar surface area (TPSA) is 56.1 Å². The SMILES string of the molecule is Cc1cccc(C(C)C)c1NC(=O)COc1cc(C(F)(F)F)nn1-c1ccccc1Cl. The monoisotopic (exact) mass is 451 g/mol. The third-order valence-electron chi connectivity index (χ3n) is 4.59. The van der Waals surface area contributed by atoms with Crippen LogP contribution in [0.15, 0.2) is 48.5 Å². The van der Waals surface area contributed by atoms with Crippen LogP contribution in [-0.2, 0) is 11.0 Å². The molecule has 0 saturated carbocycles. The molecule has 1 heterocycles. The summed E-state index contributed by atoms with van der Waals surface area (Å²) in [4.78, 5) is 12.5. The summed E-state index contributed by atoms with van der Waals surface area (Å²) in [6.07, 6.45) is -4.68. The second kappa shape index (κ2) is 9.01. The van der Waals surface area contributed by atoms with Crippen LogP contribution in [0.25, 0.3) is 5.69 Å². The number of amides is 1. The molecule has 1 aromatic heterocycles. The van der Waals surface area contributed by atoms with E-state index >= 15 is 0 Å². The Morgan fingerprint density at radius 2 is 1.90 bits per heavy atom. The number of rotatable bonds is 6. The quantitative estimate of drug-likeness (QED) is 0.500. The maximum Gasteiger partial charge on any atom is 0.435 e. The molecule has 0 radical (unpaired) electrons. The average Bonchev–Trinajstić information content (AvgIpc) is 3.12. The van der Waals surface area contributed by atoms with E-state index in [0.717, 1.165) is 21.9 Å². The maximum absolute atomic E-state index is 13.2. The first-order chi connectivity index (χ1) is 14.6. The van der Waals surface area contributed by atoms with E-state index in [-0.39, 0.29) is 22.5 Å². The summed E-state index contributed by atoms with van der Waals surface area (Å²) in [6.45, 7) is 5.37. The highest BCUT2D eigenvalue weighted by Crippen LogP contribution is 2.33. The molecular weight excluding hydrogens is 431 g/mol. The second-order valence-corrected chi connectivity index (χ2v) is 7.67. The van der Waals surface area contributed by atoms with Crippen molar-refractivity contribution in [3.05, 3.63) is 70.4 Å². The summed E-state index contributed by atoms with van der Waals surface area (Å²) in [5.41, 5.74) is 1.55. The number of nitrogens with one attached hydrogen (secondary N) is 1. The minimum absolute atomic E-state index is 0.173. The molecule has 0 bridgehead atoms. The number of alkyl halides is 3. The number of halogens is 4. The van der Waals surface area contributed by atoms with Gasteiger partial charge in [0.1, 0.15) is 0 Å². The Morgan fingerprint density at radius 3 is 2.55 bits per heavy atom. The predicted octanol–water partition coefficient (Wildman–Crippen LogP) is 5.99. The van der Waals surface area contributed by atoms with Crippen molar-refractivity contribution in [2.45, 2.75) is 32.9 Å². The van der Waals surface area contributed by atoms with E-state index in [1.54, 1.807) is 12.1 Å². The second-order valence-electron chi connectivity index (χ2n) is 7.26. The van der Waals surface area contributed by atoms with Gasteiger partial charge < -0.3 is 10.1 Å². The lowest BCUT2D eigenvalue weighted by atomic mass is 9.98. The summed E-state index contributed by atoms with van der Waals surface area (Å²) < 4.78 is 46.0. The Hall–Kier alpha value is -3.00. The molecular formula is C22H21ClF3N3O2. The van der Waals surface area contributed by atoms with Gasteiger partial charge in [0, 0.05) is 11.8 Å². The van der Waals surface area contributed by atoms with Crippen LogP contribution in [-0.4, -0.2) is 22.3 Å². The molecule has 31 heavy (non-hydrogen) atoms. The zero-order valence-corrected chi connectivity index (χ0v) is 17.9. The zero-order valence-electron chi connectivity index (χ0n) is 17.1. The van der Waals surface area contributed by atoms with Gasteiger partial charge in [0.25, 0.3) is 5.91 Å². The van der Waals surface area contributed by atoms with Crippen molar-refractivity contribution >= 4 is 23.2 Å². The molecule has 1 N–H and O–H groups in total. The summed E-state index contributed by atoms with van der Waals surface area (Å²) in [6, 6.07) is 12.7. The number of para-hydroxylation sites is 2. The number of carbonyl (C=O) groups excluding carboxylic acids is 1. The largest absolute Gasteiger partial charge is 0.467 e. The van der Waals surface area contributed by atoms with E-state index in [1.807, 2.05) is 39.0 Å². The summed E-state index contributed by atoms with van der Waals surface area (Å²) in [7, 11) is 0. The molecule has 0 aliphatic rings. The Kier molecular flexibility index (Phi) is 6.59. The van der Waals surface area contributed by atoms with Gasteiger partial charge in [-0.3, -0.25) is 4.79 Å². The van der Waals surface area contributed by atoms with Gasteiger partial charge in [0.2, 0.25) is 5.88 Å². The van der Waals surface area contributed by atoms with Crippen molar-refractivity contribution in [2.75, 3.05) is 11.9 Å². The van der Waals surface area contributed by atoms with Gasteiger partial charge in [0.15, 0.2) is 12.3 Å². The lowest BCUT2D eigenvalue weighted by Crippen LogP contribution is -2.22. The zero-order chi connectivity index (χ0) is 22.8. The number of hydrogen-bond donors (Lipinski definition) is 1. The smallest absolute Gasteiger partial charge is 0.435 e. The van der Waals surface area contributed by atoms with E-state index in [9.17, 15) is 18.0 Å². The molecule has 0 fully saturated rings. The fourth-order valence-corrected chi connectivity index (χ4v) is 3.27. The van der Waals surface area contributed by atoms with Crippen LogP contribution in [0.4, 0.5) is 18.9 Å². The Labute approximate surface area is 182 Å². The number of nitrogens with zero attached hydrogens (tertiary/aromatic N) is 2. The fourth-order valence-electron chi connectivity index (χ4n) is 3.06. The summed E-state index contributed by atoms with van der Waals surface area (Å²) in [5, 5.41) is 6.56. The van der Waals surface area contributed by atoms with E-state index in [2.05, 4.69) is 10.4 Å². The van der Waals surface area contributed by atoms with Crippen molar-refractivity contribution in [3.8, 4) is 11.6 Å². The molecule has 0 spiro atoms. The van der Waals surface area contributed by atoms with Crippen molar-refractivity contribution in [3.63, 3.8) is 0 Å². The van der Waals surface area contributed by atoms with Gasteiger partial charge in [-0.25, -0.2) is 0 Å². The molecule has 0 atom stereocenters. The van der Waals surface area contributed by atoms with E-state index in [4.69, 9.17) is 16.3 Å². The summed E-state index contributed by atoms with van der Waals surface area (Å²) in [5.74, 6) is -0.576.